The fraction of sp³-hybridized carbons (Fsp3) is 0.462. The lowest BCUT2D eigenvalue weighted by molar-refractivity contribution is -0.600. The Hall–Kier alpha value is -2.38. The van der Waals surface area contributed by atoms with E-state index in [2.05, 4.69) is 0 Å². The van der Waals surface area contributed by atoms with Crippen LogP contribution in [0, 0.1) is 19.1 Å². The van der Waals surface area contributed by atoms with Gasteiger partial charge in [-0.15, -0.1) is 0 Å². The molecule has 1 unspecified atom stereocenters. The van der Waals surface area contributed by atoms with Crippen molar-refractivity contribution < 1.29 is 9.12 Å². The van der Waals surface area contributed by atoms with Crippen molar-refractivity contribution in [2.75, 3.05) is 0 Å². The summed E-state index contributed by atoms with van der Waals surface area (Å²) < 4.78 is 17.0. The second-order valence-electron chi connectivity index (χ2n) is 5.34. The smallest absolute Gasteiger partial charge is 0.439 e. The van der Waals surface area contributed by atoms with Gasteiger partial charge in [0.05, 0.1) is 12.7 Å². The molecule has 0 fully saturated rings. The van der Waals surface area contributed by atoms with Crippen LogP contribution in [0.2, 0.25) is 0 Å². The van der Waals surface area contributed by atoms with Gasteiger partial charge >= 0.3 is 17.2 Å². The molecule has 3 heterocycles. The second-order valence-corrected chi connectivity index (χ2v) is 5.34. The van der Waals surface area contributed by atoms with Crippen LogP contribution < -0.4 is 16.1 Å². The Balaban J connectivity index is 2.31. The van der Waals surface area contributed by atoms with Crippen molar-refractivity contribution in [3.05, 3.63) is 49.6 Å². The van der Waals surface area contributed by atoms with Gasteiger partial charge in [-0.25, -0.2) is 28.1 Å². The van der Waals surface area contributed by atoms with Gasteiger partial charge in [0.25, 0.3) is 0 Å². The largest absolute Gasteiger partial charge is 0.711 e. The zero-order valence-electron chi connectivity index (χ0n) is 11.7. The second kappa shape index (κ2) is 4.57. The quantitative estimate of drug-likeness (QED) is 0.539. The molecule has 8 heteroatoms. The maximum atomic E-state index is 13.4. The van der Waals surface area contributed by atoms with Crippen molar-refractivity contribution in [2.24, 2.45) is 0 Å². The number of aromatic nitrogens is 4. The summed E-state index contributed by atoms with van der Waals surface area (Å²) in [4.78, 5) is 24.7. The van der Waals surface area contributed by atoms with Gasteiger partial charge in [0.15, 0.2) is 0 Å². The Morgan fingerprint density at radius 1 is 1.29 bits per heavy atom. The minimum Gasteiger partial charge on any atom is -0.711 e. The number of rotatable bonds is 1. The summed E-state index contributed by atoms with van der Waals surface area (Å²) >= 11 is 0. The molecule has 0 N–H and O–H groups in total. The molecule has 0 aliphatic carbocycles. The SMILES string of the molecule is Cc1cc(C)c(-n2c(=O)n3n(c2=O)CC(F)CC3)[n+]([O-])c1. The third-order valence-electron chi connectivity index (χ3n) is 3.68. The first-order chi connectivity index (χ1) is 9.90. The van der Waals surface area contributed by atoms with Crippen molar-refractivity contribution in [3.63, 3.8) is 0 Å². The molecule has 7 nitrogen and oxygen atoms in total. The highest BCUT2D eigenvalue weighted by atomic mass is 19.1. The Morgan fingerprint density at radius 3 is 2.62 bits per heavy atom. The summed E-state index contributed by atoms with van der Waals surface area (Å²) in [5.41, 5.74) is -0.0425. The molecular weight excluding hydrogens is 279 g/mol. The van der Waals surface area contributed by atoms with E-state index in [-0.39, 0.29) is 25.3 Å². The first-order valence-corrected chi connectivity index (χ1v) is 6.67. The molecule has 0 saturated carbocycles. The van der Waals surface area contributed by atoms with Crippen molar-refractivity contribution >= 4 is 0 Å². The van der Waals surface area contributed by atoms with Gasteiger partial charge in [-0.2, -0.15) is 0 Å². The highest BCUT2D eigenvalue weighted by Gasteiger charge is 2.30. The predicted octanol–water partition coefficient (Wildman–Crippen LogP) is -0.207. The molecule has 0 aromatic carbocycles. The lowest BCUT2D eigenvalue weighted by atomic mass is 10.2. The minimum atomic E-state index is -1.16. The summed E-state index contributed by atoms with van der Waals surface area (Å²) in [5, 5.41) is 12.1. The zero-order valence-corrected chi connectivity index (χ0v) is 11.7. The average Bonchev–Trinajstić information content (AvgIpc) is 2.62. The fourth-order valence-electron chi connectivity index (χ4n) is 2.77. The van der Waals surface area contributed by atoms with Crippen molar-refractivity contribution in [1.82, 2.24) is 13.9 Å². The summed E-state index contributed by atoms with van der Waals surface area (Å²) in [7, 11) is 0. The number of pyridine rings is 1. The van der Waals surface area contributed by atoms with Crippen LogP contribution in [0.5, 0.6) is 0 Å². The lowest BCUT2D eigenvalue weighted by Gasteiger charge is -2.16. The van der Waals surface area contributed by atoms with Gasteiger partial charge in [-0.05, 0) is 25.5 Å². The fourth-order valence-corrected chi connectivity index (χ4v) is 2.77. The first kappa shape index (κ1) is 13.6. The van der Waals surface area contributed by atoms with E-state index in [0.29, 0.717) is 10.3 Å². The third kappa shape index (κ3) is 1.98. The van der Waals surface area contributed by atoms with Gasteiger partial charge in [0.2, 0.25) is 0 Å². The summed E-state index contributed by atoms with van der Waals surface area (Å²) in [6.07, 6.45) is 0.331. The van der Waals surface area contributed by atoms with Crippen LogP contribution in [0.1, 0.15) is 17.5 Å². The molecule has 1 aliphatic heterocycles. The van der Waals surface area contributed by atoms with Crippen molar-refractivity contribution in [2.45, 2.75) is 39.5 Å². The summed E-state index contributed by atoms with van der Waals surface area (Å²) in [6, 6.07) is 1.72. The van der Waals surface area contributed by atoms with E-state index in [1.807, 2.05) is 0 Å². The number of hydrogen-bond donors (Lipinski definition) is 0. The van der Waals surface area contributed by atoms with Gasteiger partial charge in [0, 0.05) is 18.5 Å². The average molecular weight is 294 g/mol. The molecule has 1 aliphatic rings. The summed E-state index contributed by atoms with van der Waals surface area (Å²) in [6.45, 7) is 3.37. The monoisotopic (exact) mass is 294 g/mol. The van der Waals surface area contributed by atoms with Gasteiger partial charge in [-0.1, -0.05) is 4.57 Å². The predicted molar refractivity (Wildman–Crippen MR) is 72.2 cm³/mol. The van der Waals surface area contributed by atoms with E-state index in [4.69, 9.17) is 0 Å². The van der Waals surface area contributed by atoms with Gasteiger partial charge in [-0.3, -0.25) is 0 Å². The molecule has 0 amide bonds. The standard InChI is InChI=1S/C13H15FN4O3/c1-8-5-9(2)11(17(21)6-8)18-12(19)15-4-3-10(14)7-16(15)13(18)20/h5-6,10H,3-4,7H2,1-2H3. The number of halogens is 1. The van der Waals surface area contributed by atoms with Crippen molar-refractivity contribution in [1.29, 1.82) is 0 Å². The Bertz CT molecular complexity index is 810. The zero-order chi connectivity index (χ0) is 15.3. The number of fused-ring (bicyclic) bond motifs is 1. The van der Waals surface area contributed by atoms with Crippen molar-refractivity contribution in [3.8, 4) is 5.82 Å². The molecule has 1 atom stereocenters. The van der Waals surface area contributed by atoms with E-state index in [9.17, 15) is 19.2 Å². The van der Waals surface area contributed by atoms with Gasteiger partial charge < -0.3 is 5.21 Å². The molecule has 2 aromatic rings. The number of hydrogen-bond acceptors (Lipinski definition) is 3. The van der Waals surface area contributed by atoms with Gasteiger partial charge in [0.1, 0.15) is 6.17 Å². The Morgan fingerprint density at radius 2 is 1.95 bits per heavy atom. The van der Waals surface area contributed by atoms with E-state index in [1.165, 1.54) is 10.9 Å². The number of aryl methyl sites for hydroxylation is 2. The first-order valence-electron chi connectivity index (χ1n) is 6.67. The van der Waals surface area contributed by atoms with E-state index in [1.54, 1.807) is 19.9 Å². The minimum absolute atomic E-state index is 0.0274. The van der Waals surface area contributed by atoms with Crippen LogP contribution in [0.3, 0.4) is 0 Å². The van der Waals surface area contributed by atoms with E-state index in [0.717, 1.165) is 14.8 Å². The molecule has 112 valence electrons. The van der Waals surface area contributed by atoms with E-state index >= 15 is 0 Å². The third-order valence-corrected chi connectivity index (χ3v) is 3.68. The maximum Gasteiger partial charge on any atom is 0.439 e. The number of nitrogens with zero attached hydrogens (tertiary/aromatic N) is 4. The van der Waals surface area contributed by atoms with Crippen LogP contribution >= 0.6 is 0 Å². The Labute approximate surface area is 119 Å². The molecule has 21 heavy (non-hydrogen) atoms. The number of alkyl halides is 1. The normalized spacial score (nSPS) is 17.8. The molecule has 0 spiro atoms. The lowest BCUT2D eigenvalue weighted by Crippen LogP contribution is -2.41. The molecule has 3 rings (SSSR count). The van der Waals surface area contributed by atoms with Crippen LogP contribution in [0.25, 0.3) is 5.82 Å². The van der Waals surface area contributed by atoms with E-state index < -0.39 is 17.6 Å². The highest BCUT2D eigenvalue weighted by Crippen LogP contribution is 2.10. The van der Waals surface area contributed by atoms with Crippen LogP contribution in [0.4, 0.5) is 4.39 Å². The molecular formula is C13H15FN4O3. The highest BCUT2D eigenvalue weighted by molar-refractivity contribution is 5.30. The molecule has 0 radical (unpaired) electrons. The molecule has 0 saturated heterocycles. The molecule has 0 bridgehead atoms. The topological polar surface area (TPSA) is 75.9 Å². The summed E-state index contributed by atoms with van der Waals surface area (Å²) in [5.74, 6) is -0.0274. The van der Waals surface area contributed by atoms with Crippen LogP contribution in [-0.4, -0.2) is 20.1 Å². The Kier molecular flexibility index (Phi) is 2.96. The van der Waals surface area contributed by atoms with Crippen LogP contribution in [0.15, 0.2) is 21.9 Å². The molecule has 2 aromatic heterocycles. The maximum absolute atomic E-state index is 13.4. The van der Waals surface area contributed by atoms with Crippen LogP contribution in [-0.2, 0) is 13.1 Å².